The van der Waals surface area contributed by atoms with Crippen molar-refractivity contribution in [1.82, 2.24) is 0 Å². The van der Waals surface area contributed by atoms with E-state index in [1.807, 2.05) is 6.07 Å². The number of ether oxygens (including phenoxy) is 1. The molecular weight excluding hydrogens is 332 g/mol. The van der Waals surface area contributed by atoms with Crippen LogP contribution in [0.15, 0.2) is 78.9 Å². The van der Waals surface area contributed by atoms with Gasteiger partial charge in [-0.15, -0.1) is 0 Å². The van der Waals surface area contributed by atoms with E-state index in [-0.39, 0.29) is 11.4 Å². The standard InChI is InChI=1S/C20H14N2O4/c21-19(14-6-10-17(11-7-14)22(24)25)15-8-12-18(13-9-15)26-20(23)16-4-2-1-3-5-16/h1-13,21H. The van der Waals surface area contributed by atoms with Gasteiger partial charge in [-0.05, 0) is 48.5 Å². The Morgan fingerprint density at radius 1 is 0.808 bits per heavy atom. The molecule has 128 valence electrons. The third kappa shape index (κ3) is 3.81. The second-order valence-electron chi connectivity index (χ2n) is 5.46. The number of esters is 1. The predicted molar refractivity (Wildman–Crippen MR) is 96.9 cm³/mol. The molecule has 0 amide bonds. The van der Waals surface area contributed by atoms with Crippen LogP contribution in [-0.4, -0.2) is 16.6 Å². The number of non-ortho nitro benzene ring substituents is 1. The first-order valence-corrected chi connectivity index (χ1v) is 7.75. The molecule has 26 heavy (non-hydrogen) atoms. The second kappa shape index (κ2) is 7.40. The minimum atomic E-state index is -0.483. The molecule has 6 heteroatoms. The van der Waals surface area contributed by atoms with Gasteiger partial charge in [-0.25, -0.2) is 4.79 Å². The molecule has 0 aliphatic carbocycles. The van der Waals surface area contributed by atoms with Crippen LogP contribution in [-0.2, 0) is 0 Å². The van der Waals surface area contributed by atoms with E-state index in [4.69, 9.17) is 10.1 Å². The molecule has 0 aliphatic rings. The lowest BCUT2D eigenvalue weighted by molar-refractivity contribution is -0.384. The third-order valence-corrected chi connectivity index (χ3v) is 3.73. The molecule has 3 aromatic rings. The van der Waals surface area contributed by atoms with Crippen LogP contribution >= 0.6 is 0 Å². The Morgan fingerprint density at radius 2 is 1.35 bits per heavy atom. The lowest BCUT2D eigenvalue weighted by Crippen LogP contribution is -2.08. The zero-order valence-corrected chi connectivity index (χ0v) is 13.6. The zero-order valence-electron chi connectivity index (χ0n) is 13.6. The maximum absolute atomic E-state index is 12.0. The van der Waals surface area contributed by atoms with Crippen molar-refractivity contribution in [1.29, 1.82) is 5.41 Å². The summed E-state index contributed by atoms with van der Waals surface area (Å²) in [7, 11) is 0. The quantitative estimate of drug-likeness (QED) is 0.246. The number of benzene rings is 3. The molecule has 0 bridgehead atoms. The van der Waals surface area contributed by atoms with Crippen LogP contribution in [0.1, 0.15) is 21.5 Å². The number of nitro benzene ring substituents is 1. The normalized spacial score (nSPS) is 10.2. The summed E-state index contributed by atoms with van der Waals surface area (Å²) in [6.07, 6.45) is 0. The number of rotatable bonds is 5. The van der Waals surface area contributed by atoms with Gasteiger partial charge < -0.3 is 4.74 Å². The van der Waals surface area contributed by atoms with E-state index >= 15 is 0 Å². The summed E-state index contributed by atoms with van der Waals surface area (Å²) < 4.78 is 5.30. The Balaban J connectivity index is 1.71. The van der Waals surface area contributed by atoms with E-state index < -0.39 is 10.9 Å². The van der Waals surface area contributed by atoms with Crippen molar-refractivity contribution in [3.05, 3.63) is 106 Å². The van der Waals surface area contributed by atoms with Crippen LogP contribution in [0.25, 0.3) is 0 Å². The number of nitrogens with zero attached hydrogens (tertiary/aromatic N) is 1. The maximum atomic E-state index is 12.0. The summed E-state index contributed by atoms with van der Waals surface area (Å²) in [5, 5.41) is 18.9. The Morgan fingerprint density at radius 3 is 1.88 bits per heavy atom. The first kappa shape index (κ1) is 17.0. The molecule has 3 aromatic carbocycles. The lowest BCUT2D eigenvalue weighted by atomic mass is 10.0. The summed E-state index contributed by atoms with van der Waals surface area (Å²) in [4.78, 5) is 22.2. The van der Waals surface area contributed by atoms with Gasteiger partial charge >= 0.3 is 5.97 Å². The molecule has 0 radical (unpaired) electrons. The van der Waals surface area contributed by atoms with Gasteiger partial charge in [-0.3, -0.25) is 15.5 Å². The van der Waals surface area contributed by atoms with Gasteiger partial charge in [0.2, 0.25) is 0 Å². The molecule has 0 spiro atoms. The van der Waals surface area contributed by atoms with Crippen LogP contribution in [0.4, 0.5) is 5.69 Å². The number of nitrogens with one attached hydrogen (secondary N) is 1. The van der Waals surface area contributed by atoms with E-state index in [1.165, 1.54) is 24.3 Å². The highest BCUT2D eigenvalue weighted by Gasteiger charge is 2.11. The molecular formula is C20H14N2O4. The molecule has 0 aromatic heterocycles. The SMILES string of the molecule is N=C(c1ccc(OC(=O)c2ccccc2)cc1)c1ccc([N+](=O)[O-])cc1. The van der Waals surface area contributed by atoms with Crippen LogP contribution in [0, 0.1) is 15.5 Å². The fraction of sp³-hybridized carbons (Fsp3) is 0. The number of hydrogen-bond acceptors (Lipinski definition) is 5. The van der Waals surface area contributed by atoms with Gasteiger partial charge in [0, 0.05) is 23.3 Å². The summed E-state index contributed by atoms with van der Waals surface area (Å²) >= 11 is 0. The van der Waals surface area contributed by atoms with Crippen molar-refractivity contribution in [2.45, 2.75) is 0 Å². The molecule has 6 nitrogen and oxygen atoms in total. The van der Waals surface area contributed by atoms with Gasteiger partial charge in [0.25, 0.3) is 5.69 Å². The zero-order chi connectivity index (χ0) is 18.5. The predicted octanol–water partition coefficient (Wildman–Crippen LogP) is 4.23. The first-order valence-electron chi connectivity index (χ1n) is 7.75. The van der Waals surface area contributed by atoms with E-state index in [1.54, 1.807) is 48.5 Å². The molecule has 1 N–H and O–H groups in total. The molecule has 0 heterocycles. The third-order valence-electron chi connectivity index (χ3n) is 3.73. The minimum Gasteiger partial charge on any atom is -0.423 e. The molecule has 0 aliphatic heterocycles. The van der Waals surface area contributed by atoms with Crippen molar-refractivity contribution < 1.29 is 14.5 Å². The highest BCUT2D eigenvalue weighted by atomic mass is 16.6. The molecule has 0 unspecified atom stereocenters. The van der Waals surface area contributed by atoms with Crippen LogP contribution < -0.4 is 4.74 Å². The average Bonchev–Trinajstić information content (AvgIpc) is 2.69. The molecule has 0 fully saturated rings. The van der Waals surface area contributed by atoms with E-state index in [2.05, 4.69) is 0 Å². The highest BCUT2D eigenvalue weighted by molar-refractivity contribution is 6.11. The Bertz CT molecular complexity index is 949. The van der Waals surface area contributed by atoms with E-state index in [9.17, 15) is 14.9 Å². The smallest absolute Gasteiger partial charge is 0.343 e. The number of carbonyl (C=O) groups excluding carboxylic acids is 1. The number of carbonyl (C=O) groups is 1. The number of hydrogen-bond donors (Lipinski definition) is 1. The van der Waals surface area contributed by atoms with Crippen LogP contribution in [0.2, 0.25) is 0 Å². The van der Waals surface area contributed by atoms with Gasteiger partial charge in [0.1, 0.15) is 5.75 Å². The fourth-order valence-electron chi connectivity index (χ4n) is 2.35. The fourth-order valence-corrected chi connectivity index (χ4v) is 2.35. The van der Waals surface area contributed by atoms with Gasteiger partial charge in [-0.2, -0.15) is 0 Å². The van der Waals surface area contributed by atoms with Crippen molar-refractivity contribution >= 4 is 17.4 Å². The van der Waals surface area contributed by atoms with Crippen molar-refractivity contribution in [3.63, 3.8) is 0 Å². The summed E-state index contributed by atoms with van der Waals surface area (Å²) in [5.74, 6) is -0.0806. The largest absolute Gasteiger partial charge is 0.423 e. The summed E-state index contributed by atoms with van der Waals surface area (Å²) in [5.41, 5.74) is 1.82. The van der Waals surface area contributed by atoms with Crippen molar-refractivity contribution in [2.75, 3.05) is 0 Å². The van der Waals surface area contributed by atoms with Crippen molar-refractivity contribution in [2.24, 2.45) is 0 Å². The van der Waals surface area contributed by atoms with Crippen molar-refractivity contribution in [3.8, 4) is 5.75 Å². The average molecular weight is 346 g/mol. The first-order chi connectivity index (χ1) is 12.5. The molecule has 0 atom stereocenters. The lowest BCUT2D eigenvalue weighted by Gasteiger charge is -2.07. The van der Waals surface area contributed by atoms with Gasteiger partial charge in [0.15, 0.2) is 0 Å². The van der Waals surface area contributed by atoms with E-state index in [0.29, 0.717) is 22.4 Å². The summed E-state index contributed by atoms with van der Waals surface area (Å²) in [6.45, 7) is 0. The van der Waals surface area contributed by atoms with Gasteiger partial charge in [-0.1, -0.05) is 18.2 Å². The second-order valence-corrected chi connectivity index (χ2v) is 5.46. The van der Waals surface area contributed by atoms with Crippen LogP contribution in [0.5, 0.6) is 5.75 Å². The van der Waals surface area contributed by atoms with Crippen LogP contribution in [0.3, 0.4) is 0 Å². The number of nitro groups is 1. The maximum Gasteiger partial charge on any atom is 0.343 e. The molecule has 0 saturated heterocycles. The minimum absolute atomic E-state index is 0.0234. The van der Waals surface area contributed by atoms with E-state index in [0.717, 1.165) is 0 Å². The highest BCUT2D eigenvalue weighted by Crippen LogP contribution is 2.18. The van der Waals surface area contributed by atoms with Gasteiger partial charge in [0.05, 0.1) is 16.2 Å². The Kier molecular flexibility index (Phi) is 4.85. The summed E-state index contributed by atoms with van der Waals surface area (Å²) in [6, 6.07) is 21.0. The topological polar surface area (TPSA) is 93.3 Å². The monoisotopic (exact) mass is 346 g/mol. The Hall–Kier alpha value is -3.80. The Labute approximate surface area is 149 Å². The molecule has 0 saturated carbocycles. The molecule has 3 rings (SSSR count).